The van der Waals surface area contributed by atoms with Crippen LogP contribution in [0, 0.1) is 0 Å². The zero-order valence-electron chi connectivity index (χ0n) is 4.56. The molecule has 0 saturated carbocycles. The van der Waals surface area contributed by atoms with Crippen molar-refractivity contribution in [2.45, 2.75) is 20.8 Å². The molecule has 35 valence electrons. The van der Waals surface area contributed by atoms with Gasteiger partial charge in [0.25, 0.3) is 0 Å². The average Bonchev–Trinajstić information content (AvgIpc) is 1.46. The number of carbonyl (C=O) groups excluding carboxylic acids is 1. The maximum atomic E-state index is 8.81. The molecule has 0 aromatic heterocycles. The van der Waals surface area contributed by atoms with Crippen LogP contribution in [0.1, 0.15) is 20.8 Å². The third-order valence-corrected chi connectivity index (χ3v) is 0. The molecule has 0 amide bonds. The van der Waals surface area contributed by atoms with Gasteiger partial charge in [0.1, 0.15) is 6.29 Å². The Balaban J connectivity index is -0.0000000275. The molecule has 0 heterocycles. The lowest BCUT2D eigenvalue weighted by Crippen LogP contribution is -1.36. The number of rotatable bonds is 0. The molecular weight excluding hydrogens is 74.9 g/mol. The van der Waals surface area contributed by atoms with E-state index in [1.165, 1.54) is 6.92 Å². The second kappa shape index (κ2) is 122. The van der Waals surface area contributed by atoms with Gasteiger partial charge in [0.2, 0.25) is 0 Å². The van der Waals surface area contributed by atoms with E-state index in [4.69, 9.17) is 4.79 Å². The predicted molar refractivity (Wildman–Crippen MR) is 28.8 cm³/mol. The van der Waals surface area contributed by atoms with Gasteiger partial charge in [0.05, 0.1) is 0 Å². The summed E-state index contributed by atoms with van der Waals surface area (Å²) in [5.41, 5.74) is 0. The summed E-state index contributed by atoms with van der Waals surface area (Å²) >= 11 is 0. The molecule has 2 heteroatoms. The molecule has 0 unspecified atom stereocenters. The molecule has 0 aromatic carbocycles. The van der Waals surface area contributed by atoms with Crippen molar-refractivity contribution >= 4 is 14.7 Å². The van der Waals surface area contributed by atoms with Crippen LogP contribution >= 0.6 is 0 Å². The van der Waals surface area contributed by atoms with Crippen LogP contribution in [0.2, 0.25) is 0 Å². The first-order chi connectivity index (χ1) is 2.41. The molecule has 0 spiro atoms. The molecule has 0 saturated heterocycles. The maximum absolute atomic E-state index is 8.81. The molecule has 0 fully saturated rings. The quantitative estimate of drug-likeness (QED) is 0.314. The van der Waals surface area contributed by atoms with Crippen molar-refractivity contribution in [1.82, 2.24) is 0 Å². The summed E-state index contributed by atoms with van der Waals surface area (Å²) in [7, 11) is 0. The topological polar surface area (TPSA) is 17.1 Å². The average molecular weight is 84.9 g/mol. The Kier molecular flexibility index (Phi) is 350. The Morgan fingerprint density at radius 3 is 1.33 bits per heavy atom. The van der Waals surface area contributed by atoms with Gasteiger partial charge in [-0.05, 0) is 6.92 Å². The van der Waals surface area contributed by atoms with E-state index in [0.29, 0.717) is 0 Å². The predicted octanol–water partition coefficient (Wildman–Crippen LogP) is 0.851. The molecular formula is C4H10BO. The molecule has 0 bridgehead atoms. The first kappa shape index (κ1) is 17.2. The molecule has 0 aliphatic rings. The van der Waals surface area contributed by atoms with E-state index >= 15 is 0 Å². The van der Waals surface area contributed by atoms with E-state index < -0.39 is 0 Å². The third-order valence-electron chi connectivity index (χ3n) is 0. The second-order valence-corrected chi connectivity index (χ2v) is 0.236. The van der Waals surface area contributed by atoms with Crippen LogP contribution in [0.4, 0.5) is 0 Å². The lowest BCUT2D eigenvalue weighted by atomic mass is 10.8. The second-order valence-electron chi connectivity index (χ2n) is 0.236. The van der Waals surface area contributed by atoms with E-state index in [0.717, 1.165) is 6.29 Å². The summed E-state index contributed by atoms with van der Waals surface area (Å²) < 4.78 is 0. The van der Waals surface area contributed by atoms with Crippen LogP contribution in [0.25, 0.3) is 0 Å². The Labute approximate surface area is 41.3 Å². The Morgan fingerprint density at radius 2 is 1.33 bits per heavy atom. The zero-order chi connectivity index (χ0) is 4.71. The highest BCUT2D eigenvalue weighted by Crippen LogP contribution is 1.14. The summed E-state index contributed by atoms with van der Waals surface area (Å²) in [6.45, 7) is 5.44. The fourth-order valence-electron chi connectivity index (χ4n) is 0. The SMILES string of the molecule is CC.CC=O.[B]. The smallest absolute Gasteiger partial charge is 0.116 e. The third kappa shape index (κ3) is 398. The van der Waals surface area contributed by atoms with Gasteiger partial charge < -0.3 is 4.79 Å². The molecule has 0 aliphatic heterocycles. The summed E-state index contributed by atoms with van der Waals surface area (Å²) in [6, 6.07) is 0. The van der Waals surface area contributed by atoms with Crippen molar-refractivity contribution in [3.05, 3.63) is 0 Å². The maximum Gasteiger partial charge on any atom is 0.116 e. The van der Waals surface area contributed by atoms with Crippen molar-refractivity contribution < 1.29 is 4.79 Å². The Bertz CT molecular complexity index is 15.0. The first-order valence-electron chi connectivity index (χ1n) is 1.81. The van der Waals surface area contributed by atoms with E-state index in [2.05, 4.69) is 0 Å². The highest BCUT2D eigenvalue weighted by atomic mass is 16.1. The number of carbonyl (C=O) groups is 1. The van der Waals surface area contributed by atoms with Gasteiger partial charge in [0.15, 0.2) is 0 Å². The molecule has 0 N–H and O–H groups in total. The van der Waals surface area contributed by atoms with Crippen LogP contribution in [-0.4, -0.2) is 14.7 Å². The molecule has 0 atom stereocenters. The summed E-state index contributed by atoms with van der Waals surface area (Å²) in [6.07, 6.45) is 0.750. The lowest BCUT2D eigenvalue weighted by Gasteiger charge is -1.23. The van der Waals surface area contributed by atoms with Gasteiger partial charge in [-0.2, -0.15) is 0 Å². The highest BCUT2D eigenvalue weighted by molar-refractivity contribution is 5.75. The number of hydrogen-bond donors (Lipinski definition) is 0. The van der Waals surface area contributed by atoms with E-state index in [1.54, 1.807) is 0 Å². The summed E-state index contributed by atoms with van der Waals surface area (Å²) in [4.78, 5) is 8.81. The van der Waals surface area contributed by atoms with Gasteiger partial charge in [-0.1, -0.05) is 13.8 Å². The van der Waals surface area contributed by atoms with E-state index in [1.807, 2.05) is 13.8 Å². The van der Waals surface area contributed by atoms with Gasteiger partial charge in [-0.3, -0.25) is 0 Å². The molecule has 3 radical (unpaired) electrons. The summed E-state index contributed by atoms with van der Waals surface area (Å²) in [5, 5.41) is 0. The molecule has 0 aliphatic carbocycles. The van der Waals surface area contributed by atoms with Gasteiger partial charge in [-0.15, -0.1) is 0 Å². The zero-order valence-corrected chi connectivity index (χ0v) is 4.56. The van der Waals surface area contributed by atoms with Gasteiger partial charge in [0, 0.05) is 8.41 Å². The Hall–Kier alpha value is -0.265. The standard InChI is InChI=1S/C2H4O.C2H6.B/c1-2-3;1-2;/h2H,1H3;1-2H3;. The van der Waals surface area contributed by atoms with Crippen molar-refractivity contribution in [1.29, 1.82) is 0 Å². The van der Waals surface area contributed by atoms with Crippen LogP contribution in [0.3, 0.4) is 0 Å². The summed E-state index contributed by atoms with van der Waals surface area (Å²) in [5.74, 6) is 0. The highest BCUT2D eigenvalue weighted by Gasteiger charge is 1.24. The molecule has 1 nitrogen and oxygen atoms in total. The Morgan fingerprint density at radius 1 is 1.33 bits per heavy atom. The van der Waals surface area contributed by atoms with Crippen LogP contribution in [0.15, 0.2) is 0 Å². The molecule has 0 aromatic rings. The number of aldehydes is 1. The van der Waals surface area contributed by atoms with Crippen molar-refractivity contribution in [3.63, 3.8) is 0 Å². The monoisotopic (exact) mass is 85.1 g/mol. The largest absolute Gasteiger partial charge is 0.304 e. The van der Waals surface area contributed by atoms with E-state index in [-0.39, 0.29) is 8.41 Å². The van der Waals surface area contributed by atoms with Crippen LogP contribution in [0.5, 0.6) is 0 Å². The minimum atomic E-state index is 0. The fraction of sp³-hybridized carbons (Fsp3) is 0.750. The van der Waals surface area contributed by atoms with E-state index in [9.17, 15) is 0 Å². The van der Waals surface area contributed by atoms with Crippen molar-refractivity contribution in [3.8, 4) is 0 Å². The normalized spacial score (nSPS) is 3.17. The molecule has 6 heavy (non-hydrogen) atoms. The van der Waals surface area contributed by atoms with Crippen LogP contribution in [-0.2, 0) is 4.79 Å². The minimum absolute atomic E-state index is 0. The van der Waals surface area contributed by atoms with Gasteiger partial charge in [-0.25, -0.2) is 0 Å². The van der Waals surface area contributed by atoms with Gasteiger partial charge >= 0.3 is 0 Å². The van der Waals surface area contributed by atoms with Crippen molar-refractivity contribution in [2.24, 2.45) is 0 Å². The molecule has 0 rings (SSSR count). The lowest BCUT2D eigenvalue weighted by molar-refractivity contribution is -0.106. The fourth-order valence-corrected chi connectivity index (χ4v) is 0. The van der Waals surface area contributed by atoms with Crippen LogP contribution < -0.4 is 0 Å². The van der Waals surface area contributed by atoms with Crippen molar-refractivity contribution in [2.75, 3.05) is 0 Å². The minimum Gasteiger partial charge on any atom is -0.304 e. The first-order valence-corrected chi connectivity index (χ1v) is 1.81. The number of hydrogen-bond acceptors (Lipinski definition) is 1.